The Hall–Kier alpha value is -2.86. The van der Waals surface area contributed by atoms with Gasteiger partial charge in [-0.1, -0.05) is 108 Å². The van der Waals surface area contributed by atoms with E-state index in [1.165, 1.54) is 33.4 Å². The third-order valence-corrected chi connectivity index (χ3v) is 4.06. The highest BCUT2D eigenvalue weighted by atomic mass is 14.0. The summed E-state index contributed by atoms with van der Waals surface area (Å²) in [7, 11) is 0. The van der Waals surface area contributed by atoms with Crippen molar-refractivity contribution in [2.24, 2.45) is 0 Å². The van der Waals surface area contributed by atoms with Gasteiger partial charge in [0.1, 0.15) is 0 Å². The molecule has 0 nitrogen and oxygen atoms in total. The molecule has 0 N–H and O–H groups in total. The Balaban J connectivity index is 1.82. The van der Waals surface area contributed by atoms with Gasteiger partial charge >= 0.3 is 0 Å². The molecule has 0 saturated heterocycles. The first kappa shape index (κ1) is 16.0. The maximum absolute atomic E-state index is 2.18. The Bertz CT molecular complexity index is 773. The van der Waals surface area contributed by atoms with Gasteiger partial charge in [-0.15, -0.1) is 0 Å². The quantitative estimate of drug-likeness (QED) is 0.473. The van der Waals surface area contributed by atoms with E-state index in [0.29, 0.717) is 0 Å². The van der Waals surface area contributed by atoms with Crippen LogP contribution in [0.4, 0.5) is 0 Å². The predicted molar refractivity (Wildman–Crippen MR) is 107 cm³/mol. The zero-order valence-corrected chi connectivity index (χ0v) is 14.2. The molecule has 0 atom stereocenters. The summed E-state index contributed by atoms with van der Waals surface area (Å²) in [5, 5.41) is 0. The number of hydrogen-bond donors (Lipinski definition) is 0. The molecule has 0 aliphatic heterocycles. The Morgan fingerprint density at radius 2 is 0.833 bits per heavy atom. The third kappa shape index (κ3) is 4.33. The molecule has 3 aromatic carbocycles. The van der Waals surface area contributed by atoms with Crippen molar-refractivity contribution >= 4 is 24.3 Å². The predicted octanol–water partition coefficient (Wildman–Crippen LogP) is 6.64. The summed E-state index contributed by atoms with van der Waals surface area (Å²) in [6.45, 7) is 4.22. The van der Waals surface area contributed by atoms with Gasteiger partial charge in [0.2, 0.25) is 0 Å². The standard InChI is InChI=1S/C24H22/c1-19-7-11-21(12-8-19)15-17-23-5-3-4-6-24(23)18-16-22-13-9-20(2)10-14-22/h3-18H,1-2H3/b17-15-,18-16-. The molecule has 0 unspecified atom stereocenters. The van der Waals surface area contributed by atoms with E-state index in [1.807, 2.05) is 0 Å². The SMILES string of the molecule is Cc1ccc(/C=C\c2ccccc2/C=C\c2ccc(C)cc2)cc1. The Kier molecular flexibility index (Phi) is 5.08. The largest absolute Gasteiger partial charge is 0.0616 e. The van der Waals surface area contributed by atoms with Crippen molar-refractivity contribution < 1.29 is 0 Å². The monoisotopic (exact) mass is 310 g/mol. The van der Waals surface area contributed by atoms with E-state index >= 15 is 0 Å². The van der Waals surface area contributed by atoms with Crippen LogP contribution in [0.15, 0.2) is 72.8 Å². The summed E-state index contributed by atoms with van der Waals surface area (Å²) < 4.78 is 0. The molecule has 0 heterocycles. The van der Waals surface area contributed by atoms with Crippen molar-refractivity contribution in [3.8, 4) is 0 Å². The van der Waals surface area contributed by atoms with Crippen molar-refractivity contribution in [1.82, 2.24) is 0 Å². The maximum Gasteiger partial charge on any atom is -0.0184 e. The van der Waals surface area contributed by atoms with Crippen LogP contribution in [0.3, 0.4) is 0 Å². The fraction of sp³-hybridized carbons (Fsp3) is 0.0833. The Morgan fingerprint density at radius 1 is 0.458 bits per heavy atom. The molecule has 24 heavy (non-hydrogen) atoms. The zero-order chi connectivity index (χ0) is 16.8. The minimum absolute atomic E-state index is 1.22. The molecule has 0 heteroatoms. The van der Waals surface area contributed by atoms with Gasteiger partial charge in [-0.05, 0) is 36.1 Å². The summed E-state index contributed by atoms with van der Waals surface area (Å²) in [6, 6.07) is 25.6. The lowest BCUT2D eigenvalue weighted by atomic mass is 10.0. The van der Waals surface area contributed by atoms with Crippen LogP contribution < -0.4 is 0 Å². The van der Waals surface area contributed by atoms with Crippen molar-refractivity contribution in [2.45, 2.75) is 13.8 Å². The lowest BCUT2D eigenvalue weighted by molar-refractivity contribution is 1.46. The van der Waals surface area contributed by atoms with Gasteiger partial charge in [0.05, 0.1) is 0 Å². The van der Waals surface area contributed by atoms with Crippen LogP contribution in [0.2, 0.25) is 0 Å². The summed E-state index contributed by atoms with van der Waals surface area (Å²) in [5.41, 5.74) is 7.46. The molecule has 3 aromatic rings. The summed E-state index contributed by atoms with van der Waals surface area (Å²) in [5.74, 6) is 0. The molecule has 0 aromatic heterocycles. The number of benzene rings is 3. The van der Waals surface area contributed by atoms with Crippen LogP contribution in [0.5, 0.6) is 0 Å². The highest BCUT2D eigenvalue weighted by molar-refractivity contribution is 5.79. The van der Waals surface area contributed by atoms with Gasteiger partial charge in [-0.2, -0.15) is 0 Å². The van der Waals surface area contributed by atoms with Gasteiger partial charge < -0.3 is 0 Å². The second-order valence-electron chi connectivity index (χ2n) is 6.12. The van der Waals surface area contributed by atoms with Crippen LogP contribution in [0, 0.1) is 13.8 Å². The minimum Gasteiger partial charge on any atom is -0.0616 e. The zero-order valence-electron chi connectivity index (χ0n) is 14.2. The minimum atomic E-state index is 1.22. The van der Waals surface area contributed by atoms with Crippen molar-refractivity contribution in [3.63, 3.8) is 0 Å². The average Bonchev–Trinajstić information content (AvgIpc) is 2.61. The Labute approximate surface area is 144 Å². The highest BCUT2D eigenvalue weighted by Gasteiger charge is 1.95. The second kappa shape index (κ2) is 7.61. The number of hydrogen-bond acceptors (Lipinski definition) is 0. The maximum atomic E-state index is 2.18. The summed E-state index contributed by atoms with van der Waals surface area (Å²) in [4.78, 5) is 0. The molecule has 118 valence electrons. The molecular formula is C24H22. The molecule has 0 aliphatic rings. The van der Waals surface area contributed by atoms with Crippen LogP contribution in [0.1, 0.15) is 33.4 Å². The average molecular weight is 310 g/mol. The van der Waals surface area contributed by atoms with E-state index in [1.54, 1.807) is 0 Å². The molecule has 0 saturated carbocycles. The van der Waals surface area contributed by atoms with E-state index in [2.05, 4.69) is 111 Å². The van der Waals surface area contributed by atoms with Crippen LogP contribution in [-0.2, 0) is 0 Å². The number of aryl methyl sites for hydroxylation is 2. The molecule has 0 radical (unpaired) electrons. The number of rotatable bonds is 4. The summed E-state index contributed by atoms with van der Waals surface area (Å²) in [6.07, 6.45) is 8.69. The van der Waals surface area contributed by atoms with E-state index in [0.717, 1.165) is 0 Å². The van der Waals surface area contributed by atoms with Gasteiger partial charge in [-0.3, -0.25) is 0 Å². The molecule has 0 amide bonds. The van der Waals surface area contributed by atoms with Gasteiger partial charge in [0, 0.05) is 0 Å². The molecule has 0 bridgehead atoms. The van der Waals surface area contributed by atoms with Crippen molar-refractivity contribution in [1.29, 1.82) is 0 Å². The summed E-state index contributed by atoms with van der Waals surface area (Å²) >= 11 is 0. The molecule has 0 spiro atoms. The fourth-order valence-electron chi connectivity index (χ4n) is 2.54. The third-order valence-electron chi connectivity index (χ3n) is 4.06. The fourth-order valence-corrected chi connectivity index (χ4v) is 2.54. The van der Waals surface area contributed by atoms with Crippen molar-refractivity contribution in [3.05, 3.63) is 106 Å². The molecule has 0 aliphatic carbocycles. The molecular weight excluding hydrogens is 288 g/mol. The van der Waals surface area contributed by atoms with Crippen LogP contribution in [0.25, 0.3) is 24.3 Å². The lowest BCUT2D eigenvalue weighted by Crippen LogP contribution is -1.80. The first-order valence-electron chi connectivity index (χ1n) is 8.29. The van der Waals surface area contributed by atoms with E-state index in [9.17, 15) is 0 Å². The van der Waals surface area contributed by atoms with E-state index < -0.39 is 0 Å². The smallest absolute Gasteiger partial charge is 0.0184 e. The highest BCUT2D eigenvalue weighted by Crippen LogP contribution is 2.17. The first-order chi connectivity index (χ1) is 11.7. The van der Waals surface area contributed by atoms with Gasteiger partial charge in [-0.25, -0.2) is 0 Å². The van der Waals surface area contributed by atoms with Crippen LogP contribution in [-0.4, -0.2) is 0 Å². The van der Waals surface area contributed by atoms with Crippen LogP contribution >= 0.6 is 0 Å². The van der Waals surface area contributed by atoms with Gasteiger partial charge in [0.15, 0.2) is 0 Å². The normalized spacial score (nSPS) is 11.4. The van der Waals surface area contributed by atoms with Crippen molar-refractivity contribution in [2.75, 3.05) is 0 Å². The Morgan fingerprint density at radius 3 is 1.21 bits per heavy atom. The van der Waals surface area contributed by atoms with Gasteiger partial charge in [0.25, 0.3) is 0 Å². The topological polar surface area (TPSA) is 0 Å². The molecule has 3 rings (SSSR count). The lowest BCUT2D eigenvalue weighted by Gasteiger charge is -2.02. The van der Waals surface area contributed by atoms with E-state index in [-0.39, 0.29) is 0 Å². The van der Waals surface area contributed by atoms with E-state index in [4.69, 9.17) is 0 Å². The first-order valence-corrected chi connectivity index (χ1v) is 8.29. The second-order valence-corrected chi connectivity index (χ2v) is 6.12. The molecule has 0 fully saturated rings.